The van der Waals surface area contributed by atoms with Gasteiger partial charge in [0, 0.05) is 41.3 Å². The summed E-state index contributed by atoms with van der Waals surface area (Å²) in [4.78, 5) is 20.8. The topological polar surface area (TPSA) is 96.5 Å². The lowest BCUT2D eigenvalue weighted by molar-refractivity contribution is 0.0913. The molecule has 1 amide bonds. The molecule has 5 rings (SSSR count). The number of aromatic nitrogens is 2. The largest absolute Gasteiger partial charge is 0.492 e. The van der Waals surface area contributed by atoms with Crippen molar-refractivity contribution in [2.75, 3.05) is 20.3 Å². The monoisotopic (exact) mass is 443 g/mol. The predicted octanol–water partition coefficient (Wildman–Crippen LogP) is 3.51. The summed E-state index contributed by atoms with van der Waals surface area (Å²) in [6.07, 6.45) is 4.91. The second-order valence-electron chi connectivity index (χ2n) is 8.12. The van der Waals surface area contributed by atoms with Gasteiger partial charge in [-0.3, -0.25) is 4.79 Å². The molecule has 0 saturated heterocycles. The van der Waals surface area contributed by atoms with Crippen LogP contribution in [0.2, 0.25) is 0 Å². The van der Waals surface area contributed by atoms with Crippen LogP contribution >= 0.6 is 0 Å². The number of nitrogens with zero attached hydrogens (tertiary/aromatic N) is 1. The SMILES string of the molecule is COc1ccc(-c2cc3c(c(C(=O)N[C@@H](CO)Cc4c[nH]c5ccccc45)c2)OCC3)cn1. The summed E-state index contributed by atoms with van der Waals surface area (Å²) in [5, 5.41) is 14.1. The minimum atomic E-state index is -0.430. The lowest BCUT2D eigenvalue weighted by Gasteiger charge is -2.18. The zero-order chi connectivity index (χ0) is 22.8. The highest BCUT2D eigenvalue weighted by molar-refractivity contribution is 5.99. The molecule has 4 aromatic rings. The maximum Gasteiger partial charge on any atom is 0.255 e. The average molecular weight is 444 g/mol. The molecule has 33 heavy (non-hydrogen) atoms. The van der Waals surface area contributed by atoms with E-state index >= 15 is 0 Å². The van der Waals surface area contributed by atoms with Crippen LogP contribution in [0.5, 0.6) is 11.6 Å². The molecule has 1 aliphatic heterocycles. The van der Waals surface area contributed by atoms with E-state index in [9.17, 15) is 9.90 Å². The summed E-state index contributed by atoms with van der Waals surface area (Å²) < 4.78 is 10.9. The smallest absolute Gasteiger partial charge is 0.255 e. The number of aliphatic hydroxyl groups is 1. The predicted molar refractivity (Wildman–Crippen MR) is 126 cm³/mol. The Kier molecular flexibility index (Phi) is 5.71. The number of rotatable bonds is 7. The Morgan fingerprint density at radius 1 is 1.24 bits per heavy atom. The maximum absolute atomic E-state index is 13.3. The Bertz CT molecular complexity index is 1300. The van der Waals surface area contributed by atoms with E-state index in [2.05, 4.69) is 15.3 Å². The number of amides is 1. The third kappa shape index (κ3) is 4.15. The Morgan fingerprint density at radius 3 is 2.91 bits per heavy atom. The van der Waals surface area contributed by atoms with Crippen LogP contribution in [0.3, 0.4) is 0 Å². The summed E-state index contributed by atoms with van der Waals surface area (Å²) in [5.41, 5.74) is 5.31. The molecule has 3 N–H and O–H groups in total. The number of carbonyl (C=O) groups is 1. The number of nitrogens with one attached hydrogen (secondary N) is 2. The van der Waals surface area contributed by atoms with Crippen molar-refractivity contribution in [1.29, 1.82) is 0 Å². The van der Waals surface area contributed by atoms with E-state index in [-0.39, 0.29) is 12.5 Å². The van der Waals surface area contributed by atoms with Crippen LogP contribution in [-0.2, 0) is 12.8 Å². The van der Waals surface area contributed by atoms with Crippen LogP contribution < -0.4 is 14.8 Å². The van der Waals surface area contributed by atoms with Gasteiger partial charge >= 0.3 is 0 Å². The van der Waals surface area contributed by atoms with Gasteiger partial charge in [-0.25, -0.2) is 4.98 Å². The molecule has 0 bridgehead atoms. The van der Waals surface area contributed by atoms with E-state index in [4.69, 9.17) is 9.47 Å². The number of H-pyrrole nitrogens is 1. The van der Waals surface area contributed by atoms with Gasteiger partial charge in [0.05, 0.1) is 31.9 Å². The number of para-hydroxylation sites is 1. The number of benzene rings is 2. The number of ether oxygens (including phenoxy) is 2. The van der Waals surface area contributed by atoms with Gasteiger partial charge in [0.1, 0.15) is 5.75 Å². The molecular weight excluding hydrogens is 418 g/mol. The highest BCUT2D eigenvalue weighted by atomic mass is 16.5. The second-order valence-corrected chi connectivity index (χ2v) is 8.12. The maximum atomic E-state index is 13.3. The Hall–Kier alpha value is -3.84. The zero-order valence-corrected chi connectivity index (χ0v) is 18.3. The number of aliphatic hydroxyl groups excluding tert-OH is 1. The molecule has 2 aromatic carbocycles. The van der Waals surface area contributed by atoms with Gasteiger partial charge in [-0.1, -0.05) is 18.2 Å². The van der Waals surface area contributed by atoms with Gasteiger partial charge in [0.25, 0.3) is 5.91 Å². The fourth-order valence-electron chi connectivity index (χ4n) is 4.31. The standard InChI is InChI=1S/C26H25N3O4/c1-32-24-7-6-17(13-28-24)18-10-16-8-9-33-25(16)22(12-18)26(31)29-20(15-30)11-19-14-27-23-5-3-2-4-21(19)23/h2-7,10,12-14,20,27,30H,8-9,11,15H2,1H3,(H,29,31)/t20-/m1/s1. The van der Waals surface area contributed by atoms with Crippen molar-refractivity contribution in [2.45, 2.75) is 18.9 Å². The summed E-state index contributed by atoms with van der Waals surface area (Å²) >= 11 is 0. The Labute approximate surface area is 191 Å². The molecule has 2 aromatic heterocycles. The van der Waals surface area contributed by atoms with E-state index in [1.54, 1.807) is 19.4 Å². The normalized spacial score (nSPS) is 13.4. The van der Waals surface area contributed by atoms with Gasteiger partial charge in [0.15, 0.2) is 0 Å². The first-order chi connectivity index (χ1) is 16.2. The van der Waals surface area contributed by atoms with Crippen molar-refractivity contribution in [3.8, 4) is 22.8 Å². The summed E-state index contributed by atoms with van der Waals surface area (Å²) in [6, 6.07) is 15.1. The molecule has 0 aliphatic carbocycles. The third-order valence-corrected chi connectivity index (χ3v) is 6.00. The van der Waals surface area contributed by atoms with E-state index in [0.29, 0.717) is 30.2 Å². The number of carbonyl (C=O) groups excluding carboxylic acids is 1. The molecule has 7 nitrogen and oxygen atoms in total. The quantitative estimate of drug-likeness (QED) is 0.406. The third-order valence-electron chi connectivity index (χ3n) is 6.00. The summed E-state index contributed by atoms with van der Waals surface area (Å²) in [7, 11) is 1.57. The van der Waals surface area contributed by atoms with Crippen molar-refractivity contribution in [3.63, 3.8) is 0 Å². The van der Waals surface area contributed by atoms with E-state index in [0.717, 1.165) is 39.6 Å². The molecule has 1 aliphatic rings. The molecule has 1 atom stereocenters. The van der Waals surface area contributed by atoms with Crippen LogP contribution in [0.1, 0.15) is 21.5 Å². The van der Waals surface area contributed by atoms with Crippen LogP contribution in [0, 0.1) is 0 Å². The molecule has 0 spiro atoms. The molecule has 168 valence electrons. The first kappa shape index (κ1) is 21.0. The Balaban J connectivity index is 1.41. The number of fused-ring (bicyclic) bond motifs is 2. The number of hydrogen-bond acceptors (Lipinski definition) is 5. The van der Waals surface area contributed by atoms with Gasteiger partial charge < -0.3 is 24.9 Å². The van der Waals surface area contributed by atoms with Gasteiger partial charge in [0.2, 0.25) is 5.88 Å². The highest BCUT2D eigenvalue weighted by Crippen LogP contribution is 2.35. The molecule has 0 radical (unpaired) electrons. The minimum absolute atomic E-state index is 0.170. The average Bonchev–Trinajstić information content (AvgIpc) is 3.50. The van der Waals surface area contributed by atoms with Crippen molar-refractivity contribution >= 4 is 16.8 Å². The first-order valence-corrected chi connectivity index (χ1v) is 10.9. The van der Waals surface area contributed by atoms with Crippen molar-refractivity contribution < 1.29 is 19.4 Å². The molecule has 0 fully saturated rings. The van der Waals surface area contributed by atoms with Crippen LogP contribution in [-0.4, -0.2) is 47.3 Å². The van der Waals surface area contributed by atoms with Gasteiger partial charge in [-0.15, -0.1) is 0 Å². The number of aromatic amines is 1. The highest BCUT2D eigenvalue weighted by Gasteiger charge is 2.24. The van der Waals surface area contributed by atoms with Crippen molar-refractivity contribution in [1.82, 2.24) is 15.3 Å². The van der Waals surface area contributed by atoms with Crippen LogP contribution in [0.15, 0.2) is 60.9 Å². The molecular formula is C26H25N3O4. The fraction of sp³-hybridized carbons (Fsp3) is 0.231. The first-order valence-electron chi connectivity index (χ1n) is 10.9. The van der Waals surface area contributed by atoms with Crippen LogP contribution in [0.25, 0.3) is 22.0 Å². The number of methoxy groups -OCH3 is 1. The Morgan fingerprint density at radius 2 is 2.12 bits per heavy atom. The van der Waals surface area contributed by atoms with E-state index in [1.165, 1.54) is 0 Å². The van der Waals surface area contributed by atoms with Crippen molar-refractivity contribution in [3.05, 3.63) is 77.6 Å². The second kappa shape index (κ2) is 8.96. The van der Waals surface area contributed by atoms with Crippen LogP contribution in [0.4, 0.5) is 0 Å². The fourth-order valence-corrected chi connectivity index (χ4v) is 4.31. The lowest BCUT2D eigenvalue weighted by Crippen LogP contribution is -2.39. The minimum Gasteiger partial charge on any atom is -0.492 e. The number of hydrogen-bond donors (Lipinski definition) is 3. The number of pyridine rings is 1. The zero-order valence-electron chi connectivity index (χ0n) is 18.3. The van der Waals surface area contributed by atoms with Crippen molar-refractivity contribution in [2.24, 2.45) is 0 Å². The van der Waals surface area contributed by atoms with E-state index in [1.807, 2.05) is 48.7 Å². The molecule has 3 heterocycles. The van der Waals surface area contributed by atoms with Gasteiger partial charge in [-0.05, 0) is 47.4 Å². The van der Waals surface area contributed by atoms with Gasteiger partial charge in [-0.2, -0.15) is 0 Å². The summed E-state index contributed by atoms with van der Waals surface area (Å²) in [5.74, 6) is 0.876. The lowest BCUT2D eigenvalue weighted by atomic mass is 9.98. The summed E-state index contributed by atoms with van der Waals surface area (Å²) in [6.45, 7) is 0.370. The molecule has 0 unspecified atom stereocenters. The molecule has 7 heteroatoms. The van der Waals surface area contributed by atoms with E-state index < -0.39 is 6.04 Å². The molecule has 0 saturated carbocycles.